The van der Waals surface area contributed by atoms with E-state index < -0.39 is 5.82 Å². The molecule has 1 N–H and O–H groups in total. The van der Waals surface area contributed by atoms with Gasteiger partial charge in [0.1, 0.15) is 18.0 Å². The minimum Gasteiger partial charge on any atom is -0.379 e. The molecule has 3 rings (SSSR count). The summed E-state index contributed by atoms with van der Waals surface area (Å²) in [4.78, 5) is 8.30. The van der Waals surface area contributed by atoms with Crippen LogP contribution in [0.5, 0.6) is 0 Å². The second-order valence-corrected chi connectivity index (χ2v) is 4.65. The van der Waals surface area contributed by atoms with E-state index in [1.165, 1.54) is 6.07 Å². The molecule has 1 aromatic carbocycles. The van der Waals surface area contributed by atoms with Crippen molar-refractivity contribution in [2.75, 3.05) is 5.32 Å². The van der Waals surface area contributed by atoms with Crippen LogP contribution in [0.25, 0.3) is 5.82 Å². The van der Waals surface area contributed by atoms with Gasteiger partial charge in [0.05, 0.1) is 17.3 Å². The lowest BCUT2D eigenvalue weighted by Gasteiger charge is -2.08. The number of hydrogen-bond donors (Lipinski definition) is 1. The predicted molar refractivity (Wildman–Crippen MR) is 79.8 cm³/mol. The molecular formula is C16H12FN5. The quantitative estimate of drug-likeness (QED) is 0.803. The van der Waals surface area contributed by atoms with Crippen molar-refractivity contribution in [2.45, 2.75) is 6.54 Å². The highest BCUT2D eigenvalue weighted by Crippen LogP contribution is 2.16. The van der Waals surface area contributed by atoms with Gasteiger partial charge in [0.2, 0.25) is 0 Å². The van der Waals surface area contributed by atoms with Crippen molar-refractivity contribution in [3.8, 4) is 11.9 Å². The van der Waals surface area contributed by atoms with Crippen LogP contribution in [0.3, 0.4) is 0 Å². The smallest absolute Gasteiger partial charge is 0.147 e. The molecule has 22 heavy (non-hydrogen) atoms. The van der Waals surface area contributed by atoms with E-state index in [1.807, 2.05) is 24.4 Å². The van der Waals surface area contributed by atoms with Crippen LogP contribution in [-0.4, -0.2) is 14.5 Å². The number of halogens is 1. The molecular weight excluding hydrogens is 281 g/mol. The molecule has 0 atom stereocenters. The van der Waals surface area contributed by atoms with Crippen LogP contribution in [-0.2, 0) is 6.54 Å². The van der Waals surface area contributed by atoms with Crippen LogP contribution in [0, 0.1) is 17.1 Å². The highest BCUT2D eigenvalue weighted by atomic mass is 19.1. The number of imidazole rings is 1. The largest absolute Gasteiger partial charge is 0.379 e. The third-order valence-corrected chi connectivity index (χ3v) is 3.16. The zero-order valence-corrected chi connectivity index (χ0v) is 11.6. The molecule has 0 saturated carbocycles. The molecule has 2 heterocycles. The Kier molecular flexibility index (Phi) is 3.79. The lowest BCUT2D eigenvalue weighted by atomic mass is 10.2. The first-order chi connectivity index (χ1) is 10.8. The molecule has 2 aromatic heterocycles. The van der Waals surface area contributed by atoms with E-state index >= 15 is 0 Å². The van der Waals surface area contributed by atoms with Crippen molar-refractivity contribution in [1.82, 2.24) is 14.5 Å². The summed E-state index contributed by atoms with van der Waals surface area (Å²) in [6, 6.07) is 10.0. The van der Waals surface area contributed by atoms with Crippen molar-refractivity contribution in [3.05, 3.63) is 72.2 Å². The Balaban J connectivity index is 1.68. The summed E-state index contributed by atoms with van der Waals surface area (Å²) in [7, 11) is 0. The van der Waals surface area contributed by atoms with Gasteiger partial charge in [-0.05, 0) is 29.8 Å². The summed E-state index contributed by atoms with van der Waals surface area (Å²) in [6.07, 6.45) is 6.90. The Morgan fingerprint density at radius 2 is 2.18 bits per heavy atom. The van der Waals surface area contributed by atoms with Crippen molar-refractivity contribution >= 4 is 5.69 Å². The van der Waals surface area contributed by atoms with Crippen LogP contribution in [0.2, 0.25) is 0 Å². The maximum absolute atomic E-state index is 13.8. The summed E-state index contributed by atoms with van der Waals surface area (Å²) in [6.45, 7) is 0.444. The number of pyridine rings is 1. The van der Waals surface area contributed by atoms with Crippen LogP contribution in [0.4, 0.5) is 10.1 Å². The fraction of sp³-hybridized carbons (Fsp3) is 0.0625. The molecule has 6 heteroatoms. The molecule has 0 unspecified atom stereocenters. The Hall–Kier alpha value is -3.20. The maximum Gasteiger partial charge on any atom is 0.147 e. The molecule has 0 spiro atoms. The monoisotopic (exact) mass is 293 g/mol. The normalized spacial score (nSPS) is 10.2. The fourth-order valence-corrected chi connectivity index (χ4v) is 1.99. The molecule has 5 nitrogen and oxygen atoms in total. The Morgan fingerprint density at radius 3 is 2.82 bits per heavy atom. The Bertz CT molecular complexity index is 804. The molecule has 0 saturated heterocycles. The van der Waals surface area contributed by atoms with Crippen molar-refractivity contribution in [3.63, 3.8) is 0 Å². The van der Waals surface area contributed by atoms with Crippen molar-refractivity contribution in [1.29, 1.82) is 5.26 Å². The molecule has 0 aliphatic carbocycles. The Morgan fingerprint density at radius 1 is 1.27 bits per heavy atom. The lowest BCUT2D eigenvalue weighted by Crippen LogP contribution is -2.03. The first-order valence-electron chi connectivity index (χ1n) is 6.63. The highest BCUT2D eigenvalue weighted by molar-refractivity contribution is 5.49. The van der Waals surface area contributed by atoms with E-state index in [0.29, 0.717) is 17.8 Å². The van der Waals surface area contributed by atoms with E-state index in [4.69, 9.17) is 5.26 Å². The number of nitrogens with one attached hydrogen (secondary N) is 1. The Labute approximate surface area is 126 Å². The third-order valence-electron chi connectivity index (χ3n) is 3.16. The van der Waals surface area contributed by atoms with E-state index in [-0.39, 0.29) is 0 Å². The molecule has 0 aliphatic rings. The summed E-state index contributed by atoms with van der Waals surface area (Å²) >= 11 is 0. The first-order valence-corrected chi connectivity index (χ1v) is 6.63. The molecule has 108 valence electrons. The number of benzene rings is 1. The van der Waals surface area contributed by atoms with Gasteiger partial charge >= 0.3 is 0 Å². The minimum atomic E-state index is -0.443. The summed E-state index contributed by atoms with van der Waals surface area (Å²) in [5, 5.41) is 11.7. The van der Waals surface area contributed by atoms with Gasteiger partial charge in [-0.25, -0.2) is 14.4 Å². The van der Waals surface area contributed by atoms with E-state index in [1.54, 1.807) is 35.4 Å². The molecule has 0 bridgehead atoms. The number of nitrogens with zero attached hydrogens (tertiary/aromatic N) is 4. The van der Waals surface area contributed by atoms with E-state index in [2.05, 4.69) is 15.3 Å². The van der Waals surface area contributed by atoms with Crippen molar-refractivity contribution in [2.24, 2.45) is 0 Å². The second-order valence-electron chi connectivity index (χ2n) is 4.65. The molecule has 0 radical (unpaired) electrons. The van der Waals surface area contributed by atoms with E-state index in [9.17, 15) is 4.39 Å². The summed E-state index contributed by atoms with van der Waals surface area (Å²) in [5.41, 5.74) is 1.58. The van der Waals surface area contributed by atoms with Gasteiger partial charge in [-0.15, -0.1) is 0 Å². The number of aromatic nitrogens is 3. The molecule has 0 amide bonds. The zero-order valence-electron chi connectivity index (χ0n) is 11.6. The highest BCUT2D eigenvalue weighted by Gasteiger charge is 2.04. The zero-order chi connectivity index (χ0) is 15.4. The average molecular weight is 293 g/mol. The SMILES string of the molecule is N#Cc1ccc(NCc2ccc(-n3ccnc3)nc2)c(F)c1. The lowest BCUT2D eigenvalue weighted by molar-refractivity contribution is 0.629. The van der Waals surface area contributed by atoms with Gasteiger partial charge in [-0.1, -0.05) is 6.07 Å². The van der Waals surface area contributed by atoms with Crippen molar-refractivity contribution < 1.29 is 4.39 Å². The number of hydrogen-bond acceptors (Lipinski definition) is 4. The summed E-state index contributed by atoms with van der Waals surface area (Å²) < 4.78 is 15.6. The van der Waals surface area contributed by atoms with Gasteiger partial charge < -0.3 is 5.32 Å². The minimum absolute atomic E-state index is 0.300. The third kappa shape index (κ3) is 2.94. The van der Waals surface area contributed by atoms with Gasteiger partial charge in [-0.3, -0.25) is 4.57 Å². The molecule has 0 fully saturated rings. The maximum atomic E-state index is 13.8. The fourth-order valence-electron chi connectivity index (χ4n) is 1.99. The molecule has 0 aliphatic heterocycles. The van der Waals surface area contributed by atoms with Gasteiger partial charge in [-0.2, -0.15) is 5.26 Å². The van der Waals surface area contributed by atoms with Gasteiger partial charge in [0.25, 0.3) is 0 Å². The topological polar surface area (TPSA) is 66.5 Å². The second kappa shape index (κ2) is 6.06. The van der Waals surface area contributed by atoms with Crippen LogP contribution in [0.1, 0.15) is 11.1 Å². The van der Waals surface area contributed by atoms with Crippen LogP contribution < -0.4 is 5.32 Å². The standard InChI is InChI=1S/C16H12FN5/c17-14-7-12(8-18)1-3-15(14)20-9-13-2-4-16(21-10-13)22-6-5-19-11-22/h1-7,10-11,20H,9H2. The predicted octanol–water partition coefficient (Wildman–Crippen LogP) is 2.89. The van der Waals surface area contributed by atoms with Gasteiger partial charge in [0, 0.05) is 25.1 Å². The number of rotatable bonds is 4. The van der Waals surface area contributed by atoms with E-state index in [0.717, 1.165) is 11.4 Å². The number of nitriles is 1. The summed E-state index contributed by atoms with van der Waals surface area (Å²) in [5.74, 6) is 0.327. The van der Waals surface area contributed by atoms with Crippen LogP contribution in [0.15, 0.2) is 55.2 Å². The molecule has 3 aromatic rings. The first kappa shape index (κ1) is 13.8. The van der Waals surface area contributed by atoms with Gasteiger partial charge in [0.15, 0.2) is 0 Å². The van der Waals surface area contributed by atoms with Crippen LogP contribution >= 0.6 is 0 Å². The average Bonchev–Trinajstić information content (AvgIpc) is 3.08. The number of anilines is 1.